The molecule has 0 aliphatic carbocycles. The Bertz CT molecular complexity index is 1090. The lowest BCUT2D eigenvalue weighted by atomic mass is 10.0. The number of ether oxygens (including phenoxy) is 1. The van der Waals surface area contributed by atoms with E-state index in [1.165, 1.54) is 13.4 Å². The molecule has 0 saturated heterocycles. The van der Waals surface area contributed by atoms with Gasteiger partial charge in [-0.25, -0.2) is 14.8 Å². The minimum Gasteiger partial charge on any atom is -0.453 e. The standard InChI is InChI=1S/C17H14N6O3/c1-9-14(15(22-21-9)12-5-6-18-8-19-12)10-3-4-11-13(7-10)26-23-16(11)20-17(24)25-2/h3-8H,1-2H3,(H,21,22)(H,20,23,24). The average molecular weight is 350 g/mol. The molecule has 0 aliphatic rings. The SMILES string of the molecule is COC(=O)Nc1noc2cc(-c3c(-c4ccncn4)n[nH]c3C)ccc12. The smallest absolute Gasteiger partial charge is 0.412 e. The third-order valence-corrected chi connectivity index (χ3v) is 3.94. The van der Waals surface area contributed by atoms with Gasteiger partial charge in [0.25, 0.3) is 0 Å². The highest BCUT2D eigenvalue weighted by atomic mass is 16.5. The van der Waals surface area contributed by atoms with Gasteiger partial charge in [0.1, 0.15) is 12.0 Å². The molecule has 1 aromatic carbocycles. The first-order chi connectivity index (χ1) is 12.7. The van der Waals surface area contributed by atoms with E-state index in [4.69, 9.17) is 4.52 Å². The third-order valence-electron chi connectivity index (χ3n) is 3.94. The summed E-state index contributed by atoms with van der Waals surface area (Å²) in [6, 6.07) is 7.37. The summed E-state index contributed by atoms with van der Waals surface area (Å²) in [4.78, 5) is 19.6. The first kappa shape index (κ1) is 15.8. The van der Waals surface area contributed by atoms with Gasteiger partial charge in [0.05, 0.1) is 18.2 Å². The number of carbonyl (C=O) groups excluding carboxylic acids is 1. The Morgan fingerprint density at radius 3 is 2.96 bits per heavy atom. The number of H-pyrrole nitrogens is 1. The van der Waals surface area contributed by atoms with E-state index in [2.05, 4.69) is 35.4 Å². The normalized spacial score (nSPS) is 10.8. The summed E-state index contributed by atoms with van der Waals surface area (Å²) < 4.78 is 9.92. The van der Waals surface area contributed by atoms with Crippen LogP contribution < -0.4 is 5.32 Å². The molecule has 0 atom stereocenters. The lowest BCUT2D eigenvalue weighted by Crippen LogP contribution is -2.11. The second kappa shape index (κ2) is 6.28. The van der Waals surface area contributed by atoms with Gasteiger partial charge >= 0.3 is 6.09 Å². The van der Waals surface area contributed by atoms with Crippen molar-refractivity contribution in [2.24, 2.45) is 0 Å². The van der Waals surface area contributed by atoms with Crippen molar-refractivity contribution >= 4 is 22.9 Å². The first-order valence-corrected chi connectivity index (χ1v) is 7.73. The van der Waals surface area contributed by atoms with Crippen molar-refractivity contribution in [1.29, 1.82) is 0 Å². The van der Waals surface area contributed by atoms with E-state index in [1.54, 1.807) is 12.3 Å². The molecule has 4 rings (SSSR count). The highest BCUT2D eigenvalue weighted by Gasteiger charge is 2.18. The van der Waals surface area contributed by atoms with E-state index in [-0.39, 0.29) is 0 Å². The maximum atomic E-state index is 11.4. The molecule has 0 aliphatic heterocycles. The van der Waals surface area contributed by atoms with Crippen LogP contribution in [0.15, 0.2) is 41.3 Å². The predicted octanol–water partition coefficient (Wildman–Crippen LogP) is 3.16. The summed E-state index contributed by atoms with van der Waals surface area (Å²) in [6.07, 6.45) is 2.54. The van der Waals surface area contributed by atoms with E-state index in [1.807, 2.05) is 25.1 Å². The zero-order valence-corrected chi connectivity index (χ0v) is 14.0. The van der Waals surface area contributed by atoms with Gasteiger partial charge in [-0.05, 0) is 30.7 Å². The molecule has 0 fully saturated rings. The summed E-state index contributed by atoms with van der Waals surface area (Å²) in [7, 11) is 1.28. The Morgan fingerprint density at radius 1 is 1.31 bits per heavy atom. The number of amides is 1. The fraction of sp³-hybridized carbons (Fsp3) is 0.118. The summed E-state index contributed by atoms with van der Waals surface area (Å²) in [5.74, 6) is 0.304. The number of nitrogens with one attached hydrogen (secondary N) is 2. The molecule has 0 saturated carbocycles. The number of methoxy groups -OCH3 is 1. The highest BCUT2D eigenvalue weighted by molar-refractivity contribution is 5.98. The van der Waals surface area contributed by atoms with Crippen LogP contribution in [0, 0.1) is 6.92 Å². The Morgan fingerprint density at radius 2 is 2.19 bits per heavy atom. The molecule has 130 valence electrons. The molecule has 9 heteroatoms. The van der Waals surface area contributed by atoms with Gasteiger partial charge in [-0.1, -0.05) is 11.2 Å². The zero-order chi connectivity index (χ0) is 18.1. The molecule has 3 heterocycles. The number of aromatic nitrogens is 5. The summed E-state index contributed by atoms with van der Waals surface area (Å²) in [5, 5.41) is 14.4. The number of fused-ring (bicyclic) bond motifs is 1. The largest absolute Gasteiger partial charge is 0.453 e. The molecule has 1 amide bonds. The molecule has 0 spiro atoms. The Hall–Kier alpha value is -3.75. The number of carbonyl (C=O) groups is 1. The Labute approximate surface area is 147 Å². The number of nitrogens with zero attached hydrogens (tertiary/aromatic N) is 4. The quantitative estimate of drug-likeness (QED) is 0.582. The Kier molecular flexibility index (Phi) is 3.81. The van der Waals surface area contributed by atoms with E-state index in [0.717, 1.165) is 22.5 Å². The number of anilines is 1. The maximum Gasteiger partial charge on any atom is 0.412 e. The monoisotopic (exact) mass is 350 g/mol. The van der Waals surface area contributed by atoms with Crippen molar-refractivity contribution in [3.05, 3.63) is 42.5 Å². The molecule has 2 N–H and O–H groups in total. The number of benzene rings is 1. The van der Waals surface area contributed by atoms with Crippen LogP contribution >= 0.6 is 0 Å². The minimum absolute atomic E-state index is 0.304. The van der Waals surface area contributed by atoms with E-state index in [0.29, 0.717) is 22.5 Å². The number of hydrogen-bond acceptors (Lipinski definition) is 7. The van der Waals surface area contributed by atoms with Gasteiger partial charge in [0, 0.05) is 17.5 Å². The average Bonchev–Trinajstić information content (AvgIpc) is 3.25. The first-order valence-electron chi connectivity index (χ1n) is 7.73. The molecular weight excluding hydrogens is 336 g/mol. The molecule has 9 nitrogen and oxygen atoms in total. The van der Waals surface area contributed by atoms with Crippen molar-refractivity contribution in [3.8, 4) is 22.5 Å². The molecule has 26 heavy (non-hydrogen) atoms. The second-order valence-corrected chi connectivity index (χ2v) is 5.53. The molecule has 0 radical (unpaired) electrons. The summed E-state index contributed by atoms with van der Waals surface area (Å²) in [5.41, 5.74) is 4.65. The van der Waals surface area contributed by atoms with Gasteiger partial charge in [0.2, 0.25) is 0 Å². The van der Waals surface area contributed by atoms with Crippen LogP contribution in [0.25, 0.3) is 33.5 Å². The third kappa shape index (κ3) is 2.65. The van der Waals surface area contributed by atoms with Gasteiger partial charge < -0.3 is 9.26 Å². The van der Waals surface area contributed by atoms with Crippen LogP contribution in [0.5, 0.6) is 0 Å². The fourth-order valence-electron chi connectivity index (χ4n) is 2.73. The number of hydrogen-bond donors (Lipinski definition) is 2. The molecule has 0 bridgehead atoms. The van der Waals surface area contributed by atoms with E-state index in [9.17, 15) is 4.79 Å². The van der Waals surface area contributed by atoms with Gasteiger partial charge in [0.15, 0.2) is 11.4 Å². The summed E-state index contributed by atoms with van der Waals surface area (Å²) >= 11 is 0. The van der Waals surface area contributed by atoms with Crippen molar-refractivity contribution < 1.29 is 14.1 Å². The number of rotatable bonds is 3. The molecule has 3 aromatic heterocycles. The lowest BCUT2D eigenvalue weighted by Gasteiger charge is -2.04. The molecule has 4 aromatic rings. The van der Waals surface area contributed by atoms with Crippen LogP contribution in [0.2, 0.25) is 0 Å². The maximum absolute atomic E-state index is 11.4. The molecular formula is C17H14N6O3. The van der Waals surface area contributed by atoms with Crippen LogP contribution in [-0.4, -0.2) is 38.5 Å². The van der Waals surface area contributed by atoms with E-state index >= 15 is 0 Å². The predicted molar refractivity (Wildman–Crippen MR) is 93.4 cm³/mol. The van der Waals surface area contributed by atoms with Crippen molar-refractivity contribution in [2.75, 3.05) is 12.4 Å². The van der Waals surface area contributed by atoms with Crippen LogP contribution in [0.4, 0.5) is 10.6 Å². The van der Waals surface area contributed by atoms with Gasteiger partial charge in [-0.3, -0.25) is 10.4 Å². The number of aryl methyl sites for hydroxylation is 1. The van der Waals surface area contributed by atoms with Gasteiger partial charge in [-0.2, -0.15) is 5.10 Å². The summed E-state index contributed by atoms with van der Waals surface area (Å²) in [6.45, 7) is 1.93. The fourth-order valence-corrected chi connectivity index (χ4v) is 2.73. The van der Waals surface area contributed by atoms with E-state index < -0.39 is 6.09 Å². The van der Waals surface area contributed by atoms with Crippen LogP contribution in [0.3, 0.4) is 0 Å². The van der Waals surface area contributed by atoms with Crippen molar-refractivity contribution in [2.45, 2.75) is 6.92 Å². The van der Waals surface area contributed by atoms with Crippen LogP contribution in [-0.2, 0) is 4.74 Å². The van der Waals surface area contributed by atoms with Crippen molar-refractivity contribution in [1.82, 2.24) is 25.3 Å². The zero-order valence-electron chi connectivity index (χ0n) is 14.0. The molecule has 0 unspecified atom stereocenters. The second-order valence-electron chi connectivity index (χ2n) is 5.53. The van der Waals surface area contributed by atoms with Crippen molar-refractivity contribution in [3.63, 3.8) is 0 Å². The highest BCUT2D eigenvalue weighted by Crippen LogP contribution is 2.34. The lowest BCUT2D eigenvalue weighted by molar-refractivity contribution is 0.186. The minimum atomic E-state index is -0.610. The Balaban J connectivity index is 1.79. The van der Waals surface area contributed by atoms with Crippen LogP contribution in [0.1, 0.15) is 5.69 Å². The topological polar surface area (TPSA) is 119 Å². The van der Waals surface area contributed by atoms with Gasteiger partial charge in [-0.15, -0.1) is 0 Å². The number of aromatic amines is 1.